The predicted molar refractivity (Wildman–Crippen MR) is 117 cm³/mol. The molecule has 1 aliphatic rings. The Kier molecular flexibility index (Phi) is 4.84. The van der Waals surface area contributed by atoms with E-state index in [2.05, 4.69) is 30.6 Å². The number of nitrogens with zero attached hydrogens (tertiary/aromatic N) is 4. The first-order valence-electron chi connectivity index (χ1n) is 9.82. The molecule has 152 valence electrons. The first kappa shape index (κ1) is 18.6. The second-order valence-corrected chi connectivity index (χ2v) is 7.85. The molecule has 0 spiro atoms. The van der Waals surface area contributed by atoms with E-state index in [1.54, 1.807) is 24.7 Å². The van der Waals surface area contributed by atoms with Gasteiger partial charge in [0, 0.05) is 30.5 Å². The molecule has 0 radical (unpaired) electrons. The molecular weight excluding hydrogens is 402 g/mol. The van der Waals surface area contributed by atoms with E-state index in [0.29, 0.717) is 22.8 Å². The van der Waals surface area contributed by atoms with Gasteiger partial charge in [-0.15, -0.1) is 0 Å². The zero-order valence-corrected chi connectivity index (χ0v) is 16.8. The van der Waals surface area contributed by atoms with Gasteiger partial charge in [-0.1, -0.05) is 11.6 Å². The summed E-state index contributed by atoms with van der Waals surface area (Å²) in [6.45, 7) is 0. The number of hydrogen-bond acceptors (Lipinski definition) is 6. The number of halogens is 1. The molecule has 1 saturated carbocycles. The number of aromatic amines is 1. The standard InChI is InChI=1S/C21H20ClN7O/c22-13-3-8-19(30)29(12-13)16-6-7-18(24-11-16)25-14-4-5-15(10-14)26-21-27-17-2-1-9-23-20(17)28-21/h1-3,6-9,11-12,14-15H,4-5,10H2,(H,24,25)(H2,23,26,27,28)/t14-,15-/m0/s1. The average molecular weight is 422 g/mol. The summed E-state index contributed by atoms with van der Waals surface area (Å²) >= 11 is 6.00. The Morgan fingerprint density at radius 2 is 1.93 bits per heavy atom. The van der Waals surface area contributed by atoms with Gasteiger partial charge >= 0.3 is 0 Å². The van der Waals surface area contributed by atoms with Crippen molar-refractivity contribution >= 4 is 34.5 Å². The quantitative estimate of drug-likeness (QED) is 0.455. The highest BCUT2D eigenvalue weighted by Crippen LogP contribution is 2.25. The summed E-state index contributed by atoms with van der Waals surface area (Å²) in [4.78, 5) is 28.5. The van der Waals surface area contributed by atoms with E-state index in [1.807, 2.05) is 24.3 Å². The van der Waals surface area contributed by atoms with Gasteiger partial charge in [0.2, 0.25) is 5.95 Å². The summed E-state index contributed by atoms with van der Waals surface area (Å²) in [5.74, 6) is 1.54. The average Bonchev–Trinajstić information content (AvgIpc) is 3.36. The molecule has 5 rings (SSSR count). The van der Waals surface area contributed by atoms with E-state index in [4.69, 9.17) is 11.6 Å². The van der Waals surface area contributed by atoms with Crippen molar-refractivity contribution < 1.29 is 0 Å². The fraction of sp³-hybridized carbons (Fsp3) is 0.238. The number of rotatable bonds is 5. The van der Waals surface area contributed by atoms with Crippen LogP contribution in [-0.4, -0.2) is 36.6 Å². The lowest BCUT2D eigenvalue weighted by Crippen LogP contribution is -2.21. The van der Waals surface area contributed by atoms with E-state index >= 15 is 0 Å². The molecule has 4 aromatic rings. The van der Waals surface area contributed by atoms with Gasteiger partial charge in [-0.2, -0.15) is 4.98 Å². The van der Waals surface area contributed by atoms with Crippen LogP contribution in [0.15, 0.2) is 59.8 Å². The molecule has 2 atom stereocenters. The monoisotopic (exact) mass is 421 g/mol. The summed E-state index contributed by atoms with van der Waals surface area (Å²) in [5.41, 5.74) is 2.18. The Hall–Kier alpha value is -3.39. The van der Waals surface area contributed by atoms with Crippen LogP contribution >= 0.6 is 11.6 Å². The summed E-state index contributed by atoms with van der Waals surface area (Å²) in [6.07, 6.45) is 8.04. The molecule has 30 heavy (non-hydrogen) atoms. The Bertz CT molecular complexity index is 1200. The highest BCUT2D eigenvalue weighted by molar-refractivity contribution is 6.30. The van der Waals surface area contributed by atoms with Crippen LogP contribution in [0.4, 0.5) is 11.8 Å². The van der Waals surface area contributed by atoms with Crippen LogP contribution in [0.2, 0.25) is 5.02 Å². The number of aromatic nitrogens is 5. The summed E-state index contributed by atoms with van der Waals surface area (Å²) in [7, 11) is 0. The maximum Gasteiger partial charge on any atom is 0.255 e. The first-order valence-corrected chi connectivity index (χ1v) is 10.2. The van der Waals surface area contributed by atoms with Crippen molar-refractivity contribution in [3.63, 3.8) is 0 Å². The minimum Gasteiger partial charge on any atom is -0.367 e. The topological polar surface area (TPSA) is 101 Å². The minimum absolute atomic E-state index is 0.146. The van der Waals surface area contributed by atoms with Crippen molar-refractivity contribution in [3.05, 3.63) is 70.4 Å². The number of hydrogen-bond donors (Lipinski definition) is 3. The third kappa shape index (κ3) is 3.86. The van der Waals surface area contributed by atoms with Gasteiger partial charge in [-0.3, -0.25) is 9.36 Å². The highest BCUT2D eigenvalue weighted by Gasteiger charge is 2.25. The van der Waals surface area contributed by atoms with E-state index in [-0.39, 0.29) is 5.56 Å². The lowest BCUT2D eigenvalue weighted by Gasteiger charge is -2.15. The molecule has 0 aromatic carbocycles. The van der Waals surface area contributed by atoms with Crippen LogP contribution in [0.25, 0.3) is 16.9 Å². The summed E-state index contributed by atoms with van der Waals surface area (Å²) < 4.78 is 1.48. The Morgan fingerprint density at radius 1 is 1.07 bits per heavy atom. The SMILES string of the molecule is O=c1ccc(Cl)cn1-c1ccc(N[C@H]2CC[C@H](Nc3nc4ncccc4[nH]3)C2)nc1. The van der Waals surface area contributed by atoms with Crippen LogP contribution in [-0.2, 0) is 0 Å². The van der Waals surface area contributed by atoms with Crippen molar-refractivity contribution in [3.8, 4) is 5.69 Å². The maximum atomic E-state index is 12.0. The van der Waals surface area contributed by atoms with Crippen LogP contribution in [0.1, 0.15) is 19.3 Å². The van der Waals surface area contributed by atoms with Crippen LogP contribution in [0.5, 0.6) is 0 Å². The van der Waals surface area contributed by atoms with Crippen molar-refractivity contribution in [2.24, 2.45) is 0 Å². The Balaban J connectivity index is 1.21. The van der Waals surface area contributed by atoms with Gasteiger partial charge < -0.3 is 15.6 Å². The largest absolute Gasteiger partial charge is 0.367 e. The Morgan fingerprint density at radius 3 is 2.73 bits per heavy atom. The first-order chi connectivity index (χ1) is 14.6. The summed E-state index contributed by atoms with van der Waals surface area (Å²) in [5, 5.41) is 7.45. The third-order valence-electron chi connectivity index (χ3n) is 5.28. The second-order valence-electron chi connectivity index (χ2n) is 7.41. The van der Waals surface area contributed by atoms with E-state index < -0.39 is 0 Å². The van der Waals surface area contributed by atoms with Crippen molar-refractivity contribution in [1.82, 2.24) is 24.5 Å². The molecular formula is C21H20ClN7O. The van der Waals surface area contributed by atoms with E-state index in [9.17, 15) is 4.79 Å². The number of anilines is 2. The zero-order chi connectivity index (χ0) is 20.5. The lowest BCUT2D eigenvalue weighted by molar-refractivity contribution is 0.718. The van der Waals surface area contributed by atoms with Crippen molar-refractivity contribution in [2.45, 2.75) is 31.3 Å². The number of H-pyrrole nitrogens is 1. The molecule has 4 heterocycles. The second kappa shape index (κ2) is 7.79. The molecule has 8 nitrogen and oxygen atoms in total. The molecule has 0 unspecified atom stereocenters. The van der Waals surface area contributed by atoms with Gasteiger partial charge in [0.1, 0.15) is 5.82 Å². The van der Waals surface area contributed by atoms with Crippen LogP contribution < -0.4 is 16.2 Å². The number of fused-ring (bicyclic) bond motifs is 1. The van der Waals surface area contributed by atoms with Gasteiger partial charge in [-0.05, 0) is 49.6 Å². The molecule has 9 heteroatoms. The van der Waals surface area contributed by atoms with Crippen molar-refractivity contribution in [2.75, 3.05) is 10.6 Å². The van der Waals surface area contributed by atoms with Gasteiger partial charge in [0.25, 0.3) is 5.56 Å². The molecule has 1 fully saturated rings. The number of imidazole rings is 1. The molecule has 1 aliphatic carbocycles. The highest BCUT2D eigenvalue weighted by atomic mass is 35.5. The van der Waals surface area contributed by atoms with Crippen LogP contribution in [0, 0.1) is 0 Å². The molecule has 0 aliphatic heterocycles. The van der Waals surface area contributed by atoms with Gasteiger partial charge in [0.05, 0.1) is 22.4 Å². The van der Waals surface area contributed by atoms with E-state index in [0.717, 1.165) is 42.2 Å². The number of nitrogens with one attached hydrogen (secondary N) is 3. The third-order valence-corrected chi connectivity index (χ3v) is 5.51. The molecule has 3 N–H and O–H groups in total. The maximum absolute atomic E-state index is 12.0. The molecule has 0 amide bonds. The smallest absolute Gasteiger partial charge is 0.255 e. The fourth-order valence-electron chi connectivity index (χ4n) is 3.84. The van der Waals surface area contributed by atoms with Crippen molar-refractivity contribution in [1.29, 1.82) is 0 Å². The molecule has 4 aromatic heterocycles. The van der Waals surface area contributed by atoms with Gasteiger partial charge in [-0.25, -0.2) is 9.97 Å². The van der Waals surface area contributed by atoms with Crippen LogP contribution in [0.3, 0.4) is 0 Å². The van der Waals surface area contributed by atoms with E-state index in [1.165, 1.54) is 10.6 Å². The molecule has 0 saturated heterocycles. The Labute approximate surface area is 177 Å². The molecule has 0 bridgehead atoms. The number of pyridine rings is 3. The zero-order valence-electron chi connectivity index (χ0n) is 16.0. The minimum atomic E-state index is -0.146. The lowest BCUT2D eigenvalue weighted by atomic mass is 10.2. The normalized spacial score (nSPS) is 18.6. The fourth-order valence-corrected chi connectivity index (χ4v) is 4.00. The predicted octanol–water partition coefficient (Wildman–Crippen LogP) is 3.60. The van der Waals surface area contributed by atoms with Gasteiger partial charge in [0.15, 0.2) is 5.65 Å². The summed E-state index contributed by atoms with van der Waals surface area (Å²) in [6, 6.07) is 11.3.